The van der Waals surface area contributed by atoms with Gasteiger partial charge in [-0.05, 0) is 72.6 Å². The first-order chi connectivity index (χ1) is 17.0. The number of methoxy groups -OCH3 is 1. The smallest absolute Gasteiger partial charge is 0.243 e. The summed E-state index contributed by atoms with van der Waals surface area (Å²) in [5, 5.41) is 5.49. The molecule has 0 spiro atoms. The summed E-state index contributed by atoms with van der Waals surface area (Å²) in [7, 11) is 1.60. The molecule has 4 rings (SSSR count). The van der Waals surface area contributed by atoms with E-state index in [9.17, 15) is 13.6 Å². The van der Waals surface area contributed by atoms with Crippen LogP contribution in [0.1, 0.15) is 18.9 Å². The lowest BCUT2D eigenvalue weighted by Crippen LogP contribution is -2.44. The minimum atomic E-state index is -0.545. The van der Waals surface area contributed by atoms with Crippen molar-refractivity contribution in [1.82, 2.24) is 10.3 Å². The molecule has 0 aliphatic heterocycles. The third kappa shape index (κ3) is 5.84. The maximum atomic E-state index is 13.4. The zero-order chi connectivity index (χ0) is 24.8. The molecule has 1 atom stereocenters. The van der Waals surface area contributed by atoms with E-state index in [1.807, 2.05) is 41.5 Å². The second-order valence-electron chi connectivity index (χ2n) is 7.86. The summed E-state index contributed by atoms with van der Waals surface area (Å²) in [5.41, 5.74) is 3.08. The van der Waals surface area contributed by atoms with Crippen molar-refractivity contribution >= 4 is 28.1 Å². The zero-order valence-electron chi connectivity index (χ0n) is 19.4. The van der Waals surface area contributed by atoms with E-state index in [-0.39, 0.29) is 24.1 Å². The molecular formula is C27H25F2N3O2S. The van der Waals surface area contributed by atoms with Gasteiger partial charge in [0, 0.05) is 23.2 Å². The molecule has 0 aliphatic carbocycles. The van der Waals surface area contributed by atoms with Crippen molar-refractivity contribution in [2.75, 3.05) is 12.0 Å². The lowest BCUT2D eigenvalue weighted by molar-refractivity contribution is -0.122. The van der Waals surface area contributed by atoms with Crippen molar-refractivity contribution in [2.45, 2.75) is 25.9 Å². The van der Waals surface area contributed by atoms with Crippen LogP contribution in [0.15, 0.2) is 78.2 Å². The van der Waals surface area contributed by atoms with Crippen molar-refractivity contribution in [3.05, 3.63) is 95.4 Å². The van der Waals surface area contributed by atoms with Crippen LogP contribution in [-0.4, -0.2) is 24.0 Å². The third-order valence-electron chi connectivity index (χ3n) is 5.57. The van der Waals surface area contributed by atoms with Crippen LogP contribution in [0, 0.1) is 11.6 Å². The highest BCUT2D eigenvalue weighted by molar-refractivity contribution is 7.14. The summed E-state index contributed by atoms with van der Waals surface area (Å²) >= 11 is 1.41. The van der Waals surface area contributed by atoms with Crippen LogP contribution in [0.4, 0.5) is 19.6 Å². The molecule has 8 heteroatoms. The van der Waals surface area contributed by atoms with Crippen molar-refractivity contribution in [3.63, 3.8) is 0 Å². The van der Waals surface area contributed by atoms with E-state index in [0.29, 0.717) is 23.0 Å². The fraction of sp³-hybridized carbons (Fsp3) is 0.185. The van der Waals surface area contributed by atoms with Crippen LogP contribution in [0.25, 0.3) is 11.3 Å². The number of rotatable bonds is 9. The van der Waals surface area contributed by atoms with Gasteiger partial charge < -0.3 is 15.0 Å². The number of ether oxygens (including phenoxy) is 1. The number of benzene rings is 3. The van der Waals surface area contributed by atoms with Crippen molar-refractivity contribution in [1.29, 1.82) is 0 Å². The number of nitrogens with one attached hydrogen (secondary N) is 1. The second-order valence-corrected chi connectivity index (χ2v) is 8.70. The number of hydrogen-bond acceptors (Lipinski definition) is 5. The first kappa shape index (κ1) is 24.3. The second kappa shape index (κ2) is 11.1. The average Bonchev–Trinajstić information content (AvgIpc) is 3.37. The lowest BCUT2D eigenvalue weighted by atomic mass is 10.1. The van der Waals surface area contributed by atoms with Gasteiger partial charge in [0.05, 0.1) is 12.8 Å². The van der Waals surface area contributed by atoms with Crippen LogP contribution < -0.4 is 15.0 Å². The Balaban J connectivity index is 1.64. The maximum absolute atomic E-state index is 13.4. The number of hydrogen-bond donors (Lipinski definition) is 1. The van der Waals surface area contributed by atoms with E-state index >= 15 is 0 Å². The van der Waals surface area contributed by atoms with Gasteiger partial charge in [-0.15, -0.1) is 11.3 Å². The molecule has 0 radical (unpaired) electrons. The van der Waals surface area contributed by atoms with Gasteiger partial charge in [-0.3, -0.25) is 4.79 Å². The van der Waals surface area contributed by atoms with Crippen molar-refractivity contribution in [3.8, 4) is 17.0 Å². The van der Waals surface area contributed by atoms with Gasteiger partial charge in [0.1, 0.15) is 23.4 Å². The van der Waals surface area contributed by atoms with Crippen molar-refractivity contribution in [2.24, 2.45) is 0 Å². The largest absolute Gasteiger partial charge is 0.497 e. The Morgan fingerprint density at radius 3 is 2.23 bits per heavy atom. The standard InChI is InChI=1S/C27H25F2N3O2S/c1-3-25(26(33)30-16-18-4-8-20(28)9-5-18)32(22-12-14-23(34-2)15-13-22)27-31-24(17-35-27)19-6-10-21(29)11-7-19/h4-15,17,25H,3,16H2,1-2H3,(H,30,33). The van der Waals surface area contributed by atoms with E-state index in [0.717, 1.165) is 16.8 Å². The molecule has 1 heterocycles. The Kier molecular flexibility index (Phi) is 7.72. The third-order valence-corrected chi connectivity index (χ3v) is 6.41. The Morgan fingerprint density at radius 2 is 1.63 bits per heavy atom. The molecule has 0 aliphatic rings. The molecule has 5 nitrogen and oxygen atoms in total. The normalized spacial score (nSPS) is 11.7. The molecule has 0 saturated heterocycles. The van der Waals surface area contributed by atoms with Crippen LogP contribution >= 0.6 is 11.3 Å². The molecule has 1 unspecified atom stereocenters. The Bertz CT molecular complexity index is 1260. The van der Waals surface area contributed by atoms with E-state index in [2.05, 4.69) is 5.32 Å². The molecule has 1 N–H and O–H groups in total. The number of anilines is 2. The minimum Gasteiger partial charge on any atom is -0.497 e. The van der Waals surface area contributed by atoms with Crippen LogP contribution in [0.5, 0.6) is 5.75 Å². The molecular weight excluding hydrogens is 468 g/mol. The summed E-state index contributed by atoms with van der Waals surface area (Å²) in [6.07, 6.45) is 0.521. The highest BCUT2D eigenvalue weighted by Gasteiger charge is 2.28. The van der Waals surface area contributed by atoms with Crippen LogP contribution in [0.2, 0.25) is 0 Å². The number of thiazole rings is 1. The molecule has 35 heavy (non-hydrogen) atoms. The predicted octanol–water partition coefficient (Wildman–Crippen LogP) is 6.33. The number of carbonyl (C=O) groups excluding carboxylic acids is 1. The molecule has 1 aromatic heterocycles. The van der Waals surface area contributed by atoms with Gasteiger partial charge in [-0.2, -0.15) is 0 Å². The van der Waals surface area contributed by atoms with E-state index in [4.69, 9.17) is 9.72 Å². The molecule has 1 amide bonds. The van der Waals surface area contributed by atoms with E-state index in [1.165, 1.54) is 35.6 Å². The molecule has 180 valence electrons. The maximum Gasteiger partial charge on any atom is 0.243 e. The Morgan fingerprint density at radius 1 is 1.00 bits per heavy atom. The highest BCUT2D eigenvalue weighted by atomic mass is 32.1. The first-order valence-corrected chi connectivity index (χ1v) is 12.0. The fourth-order valence-corrected chi connectivity index (χ4v) is 4.59. The van der Waals surface area contributed by atoms with Crippen LogP contribution in [-0.2, 0) is 11.3 Å². The average molecular weight is 494 g/mol. The van der Waals surface area contributed by atoms with Gasteiger partial charge in [-0.1, -0.05) is 19.1 Å². The van der Waals surface area contributed by atoms with Gasteiger partial charge in [0.15, 0.2) is 5.13 Å². The molecule has 3 aromatic carbocycles. The molecule has 0 bridgehead atoms. The fourth-order valence-electron chi connectivity index (χ4n) is 3.69. The van der Waals surface area contributed by atoms with Gasteiger partial charge in [0.2, 0.25) is 5.91 Å². The number of nitrogens with zero attached hydrogens (tertiary/aromatic N) is 2. The monoisotopic (exact) mass is 493 g/mol. The lowest BCUT2D eigenvalue weighted by Gasteiger charge is -2.30. The first-order valence-electron chi connectivity index (χ1n) is 11.2. The zero-order valence-corrected chi connectivity index (χ0v) is 20.2. The quantitative estimate of drug-likeness (QED) is 0.296. The highest BCUT2D eigenvalue weighted by Crippen LogP contribution is 2.35. The number of amides is 1. The minimum absolute atomic E-state index is 0.175. The summed E-state index contributed by atoms with van der Waals surface area (Å²) in [5.74, 6) is -0.106. The van der Waals surface area contributed by atoms with E-state index in [1.54, 1.807) is 31.4 Å². The van der Waals surface area contributed by atoms with Gasteiger partial charge >= 0.3 is 0 Å². The van der Waals surface area contributed by atoms with Gasteiger partial charge in [0.25, 0.3) is 0 Å². The number of carbonyl (C=O) groups is 1. The Labute approximate surface area is 207 Å². The summed E-state index contributed by atoms with van der Waals surface area (Å²) in [6, 6.07) is 19.1. The number of aromatic nitrogens is 1. The molecule has 0 fully saturated rings. The van der Waals surface area contributed by atoms with Gasteiger partial charge in [-0.25, -0.2) is 13.8 Å². The van der Waals surface area contributed by atoms with Crippen molar-refractivity contribution < 1.29 is 18.3 Å². The summed E-state index contributed by atoms with van der Waals surface area (Å²) in [4.78, 5) is 20.0. The molecule has 0 saturated carbocycles. The summed E-state index contributed by atoms with van der Waals surface area (Å²) in [6.45, 7) is 2.22. The summed E-state index contributed by atoms with van der Waals surface area (Å²) < 4.78 is 31.9. The predicted molar refractivity (Wildman–Crippen MR) is 135 cm³/mol. The SMILES string of the molecule is CCC(C(=O)NCc1ccc(F)cc1)N(c1ccc(OC)cc1)c1nc(-c2ccc(F)cc2)cs1. The topological polar surface area (TPSA) is 54.5 Å². The van der Waals surface area contributed by atoms with Crippen LogP contribution in [0.3, 0.4) is 0 Å². The molecule has 4 aromatic rings. The number of halogens is 2. The van der Waals surface area contributed by atoms with E-state index < -0.39 is 6.04 Å². The Hall–Kier alpha value is -3.78.